The van der Waals surface area contributed by atoms with E-state index in [1.54, 1.807) is 12.1 Å². The van der Waals surface area contributed by atoms with Crippen LogP contribution in [0.5, 0.6) is 0 Å². The molecule has 1 saturated heterocycles. The number of aromatic nitrogens is 2. The molecule has 0 saturated carbocycles. The van der Waals surface area contributed by atoms with E-state index in [1.165, 1.54) is 15.7 Å². The van der Waals surface area contributed by atoms with Gasteiger partial charge in [-0.2, -0.15) is 4.31 Å². The van der Waals surface area contributed by atoms with E-state index in [0.29, 0.717) is 37.2 Å². The predicted molar refractivity (Wildman–Crippen MR) is 93.8 cm³/mol. The van der Waals surface area contributed by atoms with E-state index < -0.39 is 10.0 Å². The molecule has 2 aromatic heterocycles. The molecule has 2 aromatic rings. The normalized spacial score (nSPS) is 24.6. The van der Waals surface area contributed by atoms with Gasteiger partial charge in [-0.15, -0.1) is 0 Å². The van der Waals surface area contributed by atoms with Crippen molar-refractivity contribution in [2.45, 2.75) is 51.2 Å². The minimum atomic E-state index is -3.49. The maximum Gasteiger partial charge on any atom is 0.276 e. The van der Waals surface area contributed by atoms with Crippen LogP contribution in [0.2, 0.25) is 0 Å². The van der Waals surface area contributed by atoms with Gasteiger partial charge in [-0.25, -0.2) is 13.4 Å². The summed E-state index contributed by atoms with van der Waals surface area (Å²) in [4.78, 5) is 4.55. The Bertz CT molecular complexity index is 862. The number of furan rings is 1. The van der Waals surface area contributed by atoms with Gasteiger partial charge in [0.1, 0.15) is 5.76 Å². The van der Waals surface area contributed by atoms with E-state index in [9.17, 15) is 8.42 Å². The lowest BCUT2D eigenvalue weighted by molar-refractivity contribution is 0.345. The average Bonchev–Trinajstić information content (AvgIpc) is 3.31. The highest BCUT2D eigenvalue weighted by Crippen LogP contribution is 2.30. The summed E-state index contributed by atoms with van der Waals surface area (Å²) < 4.78 is 34.5. The maximum atomic E-state index is 12.6. The van der Waals surface area contributed by atoms with Crippen LogP contribution in [0.4, 0.5) is 0 Å². The van der Waals surface area contributed by atoms with Crippen molar-refractivity contribution < 1.29 is 12.8 Å². The summed E-state index contributed by atoms with van der Waals surface area (Å²) in [6, 6.07) is 3.35. The van der Waals surface area contributed by atoms with Crippen molar-refractivity contribution in [2.75, 3.05) is 13.1 Å². The van der Waals surface area contributed by atoms with Gasteiger partial charge in [0, 0.05) is 18.8 Å². The summed E-state index contributed by atoms with van der Waals surface area (Å²) in [7, 11) is -3.49. The van der Waals surface area contributed by atoms with E-state index in [2.05, 4.69) is 23.4 Å². The van der Waals surface area contributed by atoms with Crippen LogP contribution in [-0.2, 0) is 29.4 Å². The largest absolute Gasteiger partial charge is 0.446 e. The van der Waals surface area contributed by atoms with Crippen molar-refractivity contribution >= 4 is 10.0 Å². The Hall–Kier alpha value is -1.60. The standard InChI is InChI=1S/C18H25N3O3S/c1-13-9-16-17(10-14(13)2)20(12-19-16)11-15-5-6-18(24-15)25(22,23)21-7-3-4-8-21/h5-6,12-14H,3-4,7-11H2,1-2H3. The fraction of sp³-hybridized carbons (Fsp3) is 0.611. The molecule has 3 heterocycles. The molecule has 2 unspecified atom stereocenters. The molecular weight excluding hydrogens is 338 g/mol. The molecule has 1 fully saturated rings. The van der Waals surface area contributed by atoms with Crippen LogP contribution in [0.1, 0.15) is 43.8 Å². The molecule has 0 N–H and O–H groups in total. The molecule has 4 rings (SSSR count). The second kappa shape index (κ2) is 6.29. The number of sulfonamides is 1. The van der Waals surface area contributed by atoms with Gasteiger partial charge >= 0.3 is 0 Å². The van der Waals surface area contributed by atoms with E-state index in [-0.39, 0.29) is 5.09 Å². The number of hydrogen-bond donors (Lipinski definition) is 0. The fourth-order valence-corrected chi connectivity index (χ4v) is 5.25. The molecular formula is C18H25N3O3S. The Kier molecular flexibility index (Phi) is 4.24. The van der Waals surface area contributed by atoms with Gasteiger partial charge in [0.2, 0.25) is 5.09 Å². The highest BCUT2D eigenvalue weighted by atomic mass is 32.2. The second-order valence-corrected chi connectivity index (χ2v) is 9.33. The molecule has 6 nitrogen and oxygen atoms in total. The van der Waals surface area contributed by atoms with Crippen molar-refractivity contribution in [1.82, 2.24) is 13.9 Å². The van der Waals surface area contributed by atoms with Crippen LogP contribution >= 0.6 is 0 Å². The number of nitrogens with zero attached hydrogens (tertiary/aromatic N) is 3. The molecule has 2 aliphatic rings. The SMILES string of the molecule is CC1Cc2ncn(Cc3ccc(S(=O)(=O)N4CCCC4)o3)c2CC1C. The molecule has 25 heavy (non-hydrogen) atoms. The third-order valence-electron chi connectivity index (χ3n) is 5.66. The Morgan fingerprint density at radius 1 is 1.16 bits per heavy atom. The lowest BCUT2D eigenvalue weighted by atomic mass is 9.82. The zero-order chi connectivity index (χ0) is 17.6. The summed E-state index contributed by atoms with van der Waals surface area (Å²) >= 11 is 0. The lowest BCUT2D eigenvalue weighted by Gasteiger charge is -2.26. The minimum absolute atomic E-state index is 0.0559. The highest BCUT2D eigenvalue weighted by molar-refractivity contribution is 7.89. The monoisotopic (exact) mass is 363 g/mol. The van der Waals surface area contributed by atoms with Crippen LogP contribution in [0.25, 0.3) is 0 Å². The lowest BCUT2D eigenvalue weighted by Crippen LogP contribution is -2.27. The molecule has 1 aliphatic carbocycles. The molecule has 136 valence electrons. The van der Waals surface area contributed by atoms with Gasteiger partial charge < -0.3 is 8.98 Å². The first-order valence-electron chi connectivity index (χ1n) is 9.07. The summed E-state index contributed by atoms with van der Waals surface area (Å²) in [5.74, 6) is 1.94. The van der Waals surface area contributed by atoms with Crippen LogP contribution < -0.4 is 0 Å². The maximum absolute atomic E-state index is 12.6. The van der Waals surface area contributed by atoms with Crippen molar-refractivity contribution in [3.05, 3.63) is 35.6 Å². The molecule has 0 radical (unpaired) electrons. The first kappa shape index (κ1) is 16.8. The Morgan fingerprint density at radius 2 is 1.88 bits per heavy atom. The van der Waals surface area contributed by atoms with Crippen LogP contribution in [0.15, 0.2) is 28.0 Å². The first-order valence-corrected chi connectivity index (χ1v) is 10.5. The average molecular weight is 363 g/mol. The Morgan fingerprint density at radius 3 is 2.64 bits per heavy atom. The third-order valence-corrected chi connectivity index (χ3v) is 7.43. The summed E-state index contributed by atoms with van der Waals surface area (Å²) in [6.45, 7) is 6.25. The van der Waals surface area contributed by atoms with Gasteiger partial charge in [-0.05, 0) is 49.7 Å². The van der Waals surface area contributed by atoms with Gasteiger partial charge in [0.05, 0.1) is 18.6 Å². The smallest absolute Gasteiger partial charge is 0.276 e. The van der Waals surface area contributed by atoms with Crippen LogP contribution in [0, 0.1) is 11.8 Å². The number of hydrogen-bond acceptors (Lipinski definition) is 4. The van der Waals surface area contributed by atoms with E-state index in [0.717, 1.165) is 25.7 Å². The number of fused-ring (bicyclic) bond motifs is 1. The zero-order valence-corrected chi connectivity index (χ0v) is 15.6. The molecule has 1 aliphatic heterocycles. The Labute approximate surface area is 148 Å². The predicted octanol–water partition coefficient (Wildman–Crippen LogP) is 2.68. The highest BCUT2D eigenvalue weighted by Gasteiger charge is 2.30. The molecule has 7 heteroatoms. The second-order valence-electron chi connectivity index (χ2n) is 7.46. The molecule has 0 spiro atoms. The zero-order valence-electron chi connectivity index (χ0n) is 14.8. The first-order chi connectivity index (χ1) is 11.9. The quantitative estimate of drug-likeness (QED) is 0.837. The molecule has 0 aromatic carbocycles. The minimum Gasteiger partial charge on any atom is -0.446 e. The summed E-state index contributed by atoms with van der Waals surface area (Å²) in [5, 5.41) is 0.0559. The fourth-order valence-electron chi connectivity index (χ4n) is 3.81. The van der Waals surface area contributed by atoms with Crippen molar-refractivity contribution in [3.8, 4) is 0 Å². The van der Waals surface area contributed by atoms with E-state index in [1.807, 2.05) is 6.33 Å². The van der Waals surface area contributed by atoms with Crippen molar-refractivity contribution in [3.63, 3.8) is 0 Å². The Balaban J connectivity index is 1.55. The molecule has 0 bridgehead atoms. The molecule has 2 atom stereocenters. The number of imidazole rings is 1. The molecule has 0 amide bonds. The van der Waals surface area contributed by atoms with Gasteiger partial charge in [0.25, 0.3) is 10.0 Å². The van der Waals surface area contributed by atoms with Crippen LogP contribution in [-0.4, -0.2) is 35.4 Å². The topological polar surface area (TPSA) is 68.3 Å². The van der Waals surface area contributed by atoms with Crippen molar-refractivity contribution in [2.24, 2.45) is 11.8 Å². The van der Waals surface area contributed by atoms with Gasteiger partial charge in [-0.1, -0.05) is 13.8 Å². The van der Waals surface area contributed by atoms with Crippen molar-refractivity contribution in [1.29, 1.82) is 0 Å². The van der Waals surface area contributed by atoms with Gasteiger partial charge in [0.15, 0.2) is 0 Å². The summed E-state index contributed by atoms with van der Waals surface area (Å²) in [5.41, 5.74) is 2.42. The van der Waals surface area contributed by atoms with Crippen LogP contribution in [0.3, 0.4) is 0 Å². The summed E-state index contributed by atoms with van der Waals surface area (Å²) in [6.07, 6.45) is 5.72. The van der Waals surface area contributed by atoms with E-state index >= 15 is 0 Å². The number of rotatable bonds is 4. The van der Waals surface area contributed by atoms with Gasteiger partial charge in [-0.3, -0.25) is 0 Å². The third kappa shape index (κ3) is 3.04. The van der Waals surface area contributed by atoms with E-state index in [4.69, 9.17) is 4.42 Å².